The molecule has 0 aromatic carbocycles. The zero-order chi connectivity index (χ0) is 12.4. The average Bonchev–Trinajstić information content (AvgIpc) is 2.13. The van der Waals surface area contributed by atoms with E-state index in [1.165, 1.54) is 19.3 Å². The summed E-state index contributed by atoms with van der Waals surface area (Å²) >= 11 is 0. The zero-order valence-electron chi connectivity index (χ0n) is 9.72. The standard InChI is InChI=1S/C10H21O5P.K.H/c1-2-3-4-5-6-7-8-9-10(11)15-16(12,13)14;;/h2-9H2,1H3,(H2,12,13,14);;. The Balaban J connectivity index is 0. The molecule has 0 aliphatic heterocycles. The number of phosphoric ester groups is 1. The predicted molar refractivity (Wildman–Crippen MR) is 67.9 cm³/mol. The summed E-state index contributed by atoms with van der Waals surface area (Å²) in [6.45, 7) is 2.15. The summed E-state index contributed by atoms with van der Waals surface area (Å²) in [6, 6.07) is 0. The predicted octanol–water partition coefficient (Wildman–Crippen LogP) is 2.11. The Bertz CT molecular complexity index is 241. The molecule has 0 amide bonds. The second-order valence-corrected chi connectivity index (χ2v) is 4.99. The van der Waals surface area contributed by atoms with E-state index in [4.69, 9.17) is 9.79 Å². The topological polar surface area (TPSA) is 83.8 Å². The van der Waals surface area contributed by atoms with E-state index in [2.05, 4.69) is 11.4 Å². The van der Waals surface area contributed by atoms with E-state index in [1.807, 2.05) is 0 Å². The van der Waals surface area contributed by atoms with Crippen LogP contribution in [0.2, 0.25) is 0 Å². The summed E-state index contributed by atoms with van der Waals surface area (Å²) in [4.78, 5) is 27.6. The van der Waals surface area contributed by atoms with Gasteiger partial charge in [-0.05, 0) is 6.42 Å². The molecule has 0 radical (unpaired) electrons. The molecule has 0 saturated heterocycles. The first-order chi connectivity index (χ1) is 7.45. The Hall–Kier alpha value is 1.26. The third-order valence-electron chi connectivity index (χ3n) is 2.21. The molecule has 7 heteroatoms. The van der Waals surface area contributed by atoms with Crippen LogP contribution in [0.15, 0.2) is 0 Å². The molecular weight excluding hydrogens is 270 g/mol. The van der Waals surface area contributed by atoms with Gasteiger partial charge in [0.1, 0.15) is 0 Å². The fraction of sp³-hybridized carbons (Fsp3) is 0.900. The van der Waals surface area contributed by atoms with E-state index in [0.29, 0.717) is 6.42 Å². The molecule has 0 aliphatic carbocycles. The normalized spacial score (nSPS) is 10.8. The van der Waals surface area contributed by atoms with Gasteiger partial charge in [-0.25, -0.2) is 4.57 Å². The molecular formula is C10H22KO5P. The van der Waals surface area contributed by atoms with Gasteiger partial charge in [-0.1, -0.05) is 45.4 Å². The van der Waals surface area contributed by atoms with Crippen LogP contribution < -0.4 is 0 Å². The minimum absolute atomic E-state index is 0. The number of phosphoric acid groups is 1. The minimum atomic E-state index is -4.64. The molecule has 5 nitrogen and oxygen atoms in total. The van der Waals surface area contributed by atoms with E-state index >= 15 is 0 Å². The number of unbranched alkanes of at least 4 members (excludes halogenated alkanes) is 6. The van der Waals surface area contributed by atoms with Crippen molar-refractivity contribution in [3.63, 3.8) is 0 Å². The van der Waals surface area contributed by atoms with E-state index in [9.17, 15) is 9.36 Å². The third-order valence-corrected chi connectivity index (χ3v) is 2.65. The number of hydrogen-bond acceptors (Lipinski definition) is 3. The van der Waals surface area contributed by atoms with Crippen LogP contribution in [0.1, 0.15) is 58.3 Å². The van der Waals surface area contributed by atoms with Gasteiger partial charge in [-0.15, -0.1) is 0 Å². The number of hydrogen-bond donors (Lipinski definition) is 2. The van der Waals surface area contributed by atoms with Gasteiger partial charge in [0.25, 0.3) is 0 Å². The first kappa shape index (κ1) is 20.6. The van der Waals surface area contributed by atoms with Crippen LogP contribution in [0.25, 0.3) is 0 Å². The Morgan fingerprint density at radius 3 is 2.00 bits per heavy atom. The molecule has 0 heterocycles. The van der Waals surface area contributed by atoms with Gasteiger partial charge in [-0.2, -0.15) is 0 Å². The van der Waals surface area contributed by atoms with Crippen molar-refractivity contribution >= 4 is 65.2 Å². The molecule has 0 bridgehead atoms. The molecule has 0 atom stereocenters. The molecule has 0 aromatic heterocycles. The van der Waals surface area contributed by atoms with Gasteiger partial charge in [0, 0.05) is 6.42 Å². The van der Waals surface area contributed by atoms with Crippen LogP contribution in [0, 0.1) is 0 Å². The maximum absolute atomic E-state index is 10.9. The SMILES string of the molecule is CCCCCCCCCC(=O)OP(=O)(O)O.[KH]. The van der Waals surface area contributed by atoms with E-state index in [-0.39, 0.29) is 57.8 Å². The summed E-state index contributed by atoms with van der Waals surface area (Å²) in [5.41, 5.74) is 0. The zero-order valence-corrected chi connectivity index (χ0v) is 10.6. The Morgan fingerprint density at radius 2 is 1.53 bits per heavy atom. The van der Waals surface area contributed by atoms with Crippen LogP contribution in [-0.2, 0) is 13.9 Å². The van der Waals surface area contributed by atoms with E-state index < -0.39 is 13.8 Å². The Morgan fingerprint density at radius 1 is 1.06 bits per heavy atom. The Kier molecular flexibility index (Phi) is 14.9. The first-order valence-electron chi connectivity index (χ1n) is 5.73. The van der Waals surface area contributed by atoms with Gasteiger partial charge in [0.15, 0.2) is 0 Å². The van der Waals surface area contributed by atoms with Crippen LogP contribution in [0.4, 0.5) is 0 Å². The molecule has 0 aromatic rings. The molecule has 0 rings (SSSR count). The fourth-order valence-corrected chi connectivity index (χ4v) is 1.76. The van der Waals surface area contributed by atoms with Crippen LogP contribution in [0.5, 0.6) is 0 Å². The van der Waals surface area contributed by atoms with Crippen molar-refractivity contribution < 1.29 is 23.7 Å². The molecule has 0 fully saturated rings. The monoisotopic (exact) mass is 292 g/mol. The van der Waals surface area contributed by atoms with Crippen LogP contribution in [0.3, 0.4) is 0 Å². The van der Waals surface area contributed by atoms with Crippen LogP contribution in [-0.4, -0.2) is 67.1 Å². The van der Waals surface area contributed by atoms with Crippen molar-refractivity contribution in [2.75, 3.05) is 0 Å². The number of carbonyl (C=O) groups excluding carboxylic acids is 1. The van der Waals surface area contributed by atoms with E-state index in [1.54, 1.807) is 0 Å². The average molecular weight is 292 g/mol. The van der Waals surface area contributed by atoms with Crippen molar-refractivity contribution in [3.05, 3.63) is 0 Å². The number of rotatable bonds is 9. The molecule has 0 spiro atoms. The van der Waals surface area contributed by atoms with Crippen molar-refractivity contribution in [2.24, 2.45) is 0 Å². The quantitative estimate of drug-likeness (QED) is 0.386. The molecule has 2 N–H and O–H groups in total. The number of carbonyl (C=O) groups is 1. The van der Waals surface area contributed by atoms with Gasteiger partial charge in [0.2, 0.25) is 0 Å². The molecule has 98 valence electrons. The van der Waals surface area contributed by atoms with Crippen molar-refractivity contribution in [1.29, 1.82) is 0 Å². The van der Waals surface area contributed by atoms with Gasteiger partial charge in [0.05, 0.1) is 0 Å². The van der Waals surface area contributed by atoms with Crippen molar-refractivity contribution in [2.45, 2.75) is 58.3 Å². The van der Waals surface area contributed by atoms with Crippen LogP contribution >= 0.6 is 7.82 Å². The molecule has 17 heavy (non-hydrogen) atoms. The summed E-state index contributed by atoms with van der Waals surface area (Å²) in [7, 11) is -4.64. The van der Waals surface area contributed by atoms with Crippen molar-refractivity contribution in [1.82, 2.24) is 0 Å². The van der Waals surface area contributed by atoms with Gasteiger partial charge < -0.3 is 4.52 Å². The summed E-state index contributed by atoms with van der Waals surface area (Å²) in [5, 5.41) is 0. The van der Waals surface area contributed by atoms with Gasteiger partial charge in [-0.3, -0.25) is 14.6 Å². The second kappa shape index (κ2) is 12.3. The summed E-state index contributed by atoms with van der Waals surface area (Å²) in [5.74, 6) is -0.818. The third kappa shape index (κ3) is 17.3. The maximum atomic E-state index is 10.9. The fourth-order valence-electron chi connectivity index (χ4n) is 1.40. The van der Waals surface area contributed by atoms with Crippen molar-refractivity contribution in [3.8, 4) is 0 Å². The summed E-state index contributed by atoms with van der Waals surface area (Å²) in [6.07, 6.45) is 7.48. The Labute approximate surface area is 145 Å². The molecule has 0 unspecified atom stereocenters. The first-order valence-corrected chi connectivity index (χ1v) is 7.26. The van der Waals surface area contributed by atoms with E-state index in [0.717, 1.165) is 19.3 Å². The van der Waals surface area contributed by atoms with Gasteiger partial charge >= 0.3 is 65.2 Å². The summed E-state index contributed by atoms with van der Waals surface area (Å²) < 4.78 is 14.2. The molecule has 0 saturated carbocycles. The molecule has 0 aliphatic rings. The second-order valence-electron chi connectivity index (χ2n) is 3.83.